The Hall–Kier alpha value is -2.02. The number of carbonyl (C=O) groups excluding carboxylic acids is 1. The van der Waals surface area contributed by atoms with Crippen molar-refractivity contribution >= 4 is 11.6 Å². The van der Waals surface area contributed by atoms with Crippen molar-refractivity contribution in [1.82, 2.24) is 5.32 Å². The maximum Gasteiger partial charge on any atom is 0.270 e. The van der Waals surface area contributed by atoms with Crippen molar-refractivity contribution in [2.45, 2.75) is 19.9 Å². The maximum absolute atomic E-state index is 13.5. The van der Waals surface area contributed by atoms with Crippen LogP contribution in [0.1, 0.15) is 24.2 Å². The van der Waals surface area contributed by atoms with Gasteiger partial charge in [-0.15, -0.1) is 0 Å². The number of rotatable bonds is 5. The Balaban J connectivity index is 2.99. The topological polar surface area (TPSA) is 92.5 Å². The van der Waals surface area contributed by atoms with E-state index in [0.717, 1.165) is 18.2 Å². The highest BCUT2D eigenvalue weighted by Gasteiger charge is 2.21. The Morgan fingerprint density at radius 1 is 1.53 bits per heavy atom. The summed E-state index contributed by atoms with van der Waals surface area (Å²) in [6, 6.07) is 2.19. The Kier molecular flexibility index (Phi) is 4.94. The van der Waals surface area contributed by atoms with Crippen LogP contribution >= 0.6 is 0 Å². The van der Waals surface area contributed by atoms with Crippen LogP contribution in [0.3, 0.4) is 0 Å². The summed E-state index contributed by atoms with van der Waals surface area (Å²) >= 11 is 0. The van der Waals surface area contributed by atoms with Gasteiger partial charge >= 0.3 is 0 Å². The second kappa shape index (κ2) is 6.24. The minimum atomic E-state index is -0.844. The van der Waals surface area contributed by atoms with Gasteiger partial charge in [-0.3, -0.25) is 14.9 Å². The number of nitro benzene ring substituents is 1. The molecule has 6 nitrogen and oxygen atoms in total. The molecular formula is C12H15FN2O4. The zero-order chi connectivity index (χ0) is 14.6. The second-order valence-electron chi connectivity index (χ2n) is 4.43. The van der Waals surface area contributed by atoms with E-state index in [0.29, 0.717) is 0 Å². The van der Waals surface area contributed by atoms with Gasteiger partial charge in [-0.2, -0.15) is 0 Å². The molecule has 0 heterocycles. The first-order chi connectivity index (χ1) is 8.86. The first-order valence-electron chi connectivity index (χ1n) is 5.72. The predicted octanol–water partition coefficient (Wildman–Crippen LogP) is 1.48. The van der Waals surface area contributed by atoms with E-state index in [2.05, 4.69) is 5.32 Å². The van der Waals surface area contributed by atoms with Crippen molar-refractivity contribution in [1.29, 1.82) is 0 Å². The molecule has 1 amide bonds. The summed E-state index contributed by atoms with van der Waals surface area (Å²) in [5.74, 6) is -1.67. The van der Waals surface area contributed by atoms with Gasteiger partial charge in [-0.05, 0) is 12.0 Å². The van der Waals surface area contributed by atoms with Crippen LogP contribution in [-0.4, -0.2) is 28.6 Å². The number of carbonyl (C=O) groups is 1. The van der Waals surface area contributed by atoms with Crippen LogP contribution in [-0.2, 0) is 0 Å². The molecule has 1 rings (SSSR count). The lowest BCUT2D eigenvalue weighted by atomic mass is 10.0. The van der Waals surface area contributed by atoms with Crippen LogP contribution in [0.25, 0.3) is 0 Å². The smallest absolute Gasteiger partial charge is 0.270 e. The number of aliphatic hydroxyl groups excluding tert-OH is 1. The van der Waals surface area contributed by atoms with Crippen LogP contribution in [0.4, 0.5) is 10.1 Å². The van der Waals surface area contributed by atoms with Crippen molar-refractivity contribution in [3.8, 4) is 0 Å². The summed E-state index contributed by atoms with van der Waals surface area (Å²) in [7, 11) is 0. The quantitative estimate of drug-likeness (QED) is 0.626. The fraction of sp³-hybridized carbons (Fsp3) is 0.417. The zero-order valence-electron chi connectivity index (χ0n) is 10.6. The molecule has 1 aromatic carbocycles. The largest absolute Gasteiger partial charge is 0.394 e. The molecule has 104 valence electrons. The van der Waals surface area contributed by atoms with Crippen LogP contribution in [0.5, 0.6) is 0 Å². The molecule has 0 unspecified atom stereocenters. The van der Waals surface area contributed by atoms with E-state index in [-0.39, 0.29) is 18.2 Å². The number of hydrogen-bond acceptors (Lipinski definition) is 4. The summed E-state index contributed by atoms with van der Waals surface area (Å²) in [4.78, 5) is 21.7. The summed E-state index contributed by atoms with van der Waals surface area (Å²) in [6.07, 6.45) is 0. The predicted molar refractivity (Wildman–Crippen MR) is 66.2 cm³/mol. The molecule has 0 saturated carbocycles. The molecule has 1 atom stereocenters. The third-order valence-electron chi connectivity index (χ3n) is 2.72. The normalized spacial score (nSPS) is 12.3. The fourth-order valence-corrected chi connectivity index (χ4v) is 1.47. The Morgan fingerprint density at radius 3 is 2.63 bits per heavy atom. The molecule has 2 N–H and O–H groups in total. The minimum absolute atomic E-state index is 0.0456. The highest BCUT2D eigenvalue weighted by molar-refractivity contribution is 5.95. The van der Waals surface area contributed by atoms with Gasteiger partial charge in [-0.25, -0.2) is 4.39 Å². The number of amides is 1. The van der Waals surface area contributed by atoms with E-state index in [1.165, 1.54) is 0 Å². The van der Waals surface area contributed by atoms with Gasteiger partial charge in [0.2, 0.25) is 0 Å². The molecule has 0 saturated heterocycles. The van der Waals surface area contributed by atoms with Gasteiger partial charge < -0.3 is 10.4 Å². The van der Waals surface area contributed by atoms with Crippen molar-refractivity contribution in [2.75, 3.05) is 6.61 Å². The molecule has 0 spiro atoms. The van der Waals surface area contributed by atoms with Crippen molar-refractivity contribution in [3.63, 3.8) is 0 Å². The van der Waals surface area contributed by atoms with Gasteiger partial charge in [0.1, 0.15) is 5.82 Å². The summed E-state index contributed by atoms with van der Waals surface area (Å²) in [5, 5.41) is 22.1. The van der Waals surface area contributed by atoms with Crippen molar-refractivity contribution in [2.24, 2.45) is 5.92 Å². The summed E-state index contributed by atoms with van der Waals surface area (Å²) in [5.41, 5.74) is -0.773. The number of benzene rings is 1. The number of halogens is 1. The Morgan fingerprint density at radius 2 is 2.16 bits per heavy atom. The maximum atomic E-state index is 13.5. The molecule has 0 aliphatic rings. The first kappa shape index (κ1) is 15.0. The monoisotopic (exact) mass is 270 g/mol. The average molecular weight is 270 g/mol. The van der Waals surface area contributed by atoms with Crippen molar-refractivity contribution < 1.29 is 19.2 Å². The molecule has 1 aromatic rings. The van der Waals surface area contributed by atoms with E-state index in [4.69, 9.17) is 5.11 Å². The molecule has 0 radical (unpaired) electrons. The van der Waals surface area contributed by atoms with Crippen LogP contribution in [0.15, 0.2) is 18.2 Å². The van der Waals surface area contributed by atoms with E-state index < -0.39 is 28.3 Å². The van der Waals surface area contributed by atoms with Gasteiger partial charge in [0, 0.05) is 12.1 Å². The standard InChI is InChI=1S/C12H15FN2O4/c1-7(2)11(6-16)14-12(17)9-5-8(15(18)19)3-4-10(9)13/h3-5,7,11,16H,6H2,1-2H3,(H,14,17)/t11-/m1/s1. The molecule has 0 bridgehead atoms. The average Bonchev–Trinajstić information content (AvgIpc) is 2.35. The number of aliphatic hydroxyl groups is 1. The molecule has 0 aliphatic heterocycles. The number of nitrogens with one attached hydrogen (secondary N) is 1. The van der Waals surface area contributed by atoms with Crippen LogP contribution < -0.4 is 5.32 Å². The van der Waals surface area contributed by atoms with Gasteiger partial charge in [0.15, 0.2) is 0 Å². The minimum Gasteiger partial charge on any atom is -0.394 e. The lowest BCUT2D eigenvalue weighted by molar-refractivity contribution is -0.384. The SMILES string of the molecule is CC(C)[C@@H](CO)NC(=O)c1cc([N+](=O)[O-])ccc1F. The second-order valence-corrected chi connectivity index (χ2v) is 4.43. The Bertz CT molecular complexity index is 491. The van der Waals surface area contributed by atoms with E-state index >= 15 is 0 Å². The lowest BCUT2D eigenvalue weighted by Gasteiger charge is -2.19. The first-order valence-corrected chi connectivity index (χ1v) is 5.72. The van der Waals surface area contributed by atoms with E-state index in [1.54, 1.807) is 13.8 Å². The molecule has 0 fully saturated rings. The van der Waals surface area contributed by atoms with Gasteiger partial charge in [0.05, 0.1) is 23.1 Å². The van der Waals surface area contributed by atoms with Gasteiger partial charge in [-0.1, -0.05) is 13.8 Å². The van der Waals surface area contributed by atoms with E-state index in [1.807, 2.05) is 0 Å². The van der Waals surface area contributed by atoms with Crippen LogP contribution in [0, 0.1) is 21.8 Å². The molecule has 7 heteroatoms. The molecular weight excluding hydrogens is 255 g/mol. The highest BCUT2D eigenvalue weighted by Crippen LogP contribution is 2.17. The Labute approximate surface area is 109 Å². The zero-order valence-corrected chi connectivity index (χ0v) is 10.6. The number of non-ortho nitro benzene ring substituents is 1. The van der Waals surface area contributed by atoms with Gasteiger partial charge in [0.25, 0.3) is 11.6 Å². The van der Waals surface area contributed by atoms with E-state index in [9.17, 15) is 19.3 Å². The molecule has 0 aromatic heterocycles. The third-order valence-corrected chi connectivity index (χ3v) is 2.72. The number of hydrogen-bond donors (Lipinski definition) is 2. The summed E-state index contributed by atoms with van der Waals surface area (Å²) < 4.78 is 13.5. The number of nitro groups is 1. The molecule has 19 heavy (non-hydrogen) atoms. The fourth-order valence-electron chi connectivity index (χ4n) is 1.47. The highest BCUT2D eigenvalue weighted by atomic mass is 19.1. The lowest BCUT2D eigenvalue weighted by Crippen LogP contribution is -2.41. The number of nitrogens with zero attached hydrogens (tertiary/aromatic N) is 1. The van der Waals surface area contributed by atoms with Crippen molar-refractivity contribution in [3.05, 3.63) is 39.7 Å². The van der Waals surface area contributed by atoms with Crippen LogP contribution in [0.2, 0.25) is 0 Å². The third kappa shape index (κ3) is 3.72. The molecule has 0 aliphatic carbocycles. The summed E-state index contributed by atoms with van der Waals surface area (Å²) in [6.45, 7) is 3.27.